The van der Waals surface area contributed by atoms with Crippen LogP contribution in [-0.2, 0) is 19.1 Å². The molecule has 130 valence electrons. The number of carbonyl (C=O) groups excluding carboxylic acids is 2. The zero-order valence-corrected chi connectivity index (χ0v) is 13.9. The molecular formula is C17H23N3O4. The van der Waals surface area contributed by atoms with Crippen molar-refractivity contribution in [2.24, 2.45) is 11.3 Å². The lowest BCUT2D eigenvalue weighted by Gasteiger charge is -2.35. The fraction of sp³-hybridized carbons (Fsp3) is 0.588. The summed E-state index contributed by atoms with van der Waals surface area (Å²) in [5.74, 6) is -0.171. The van der Waals surface area contributed by atoms with Crippen molar-refractivity contribution in [3.05, 3.63) is 24.5 Å². The van der Waals surface area contributed by atoms with Gasteiger partial charge in [-0.2, -0.15) is 0 Å². The molecular weight excluding hydrogens is 310 g/mol. The Bertz CT molecular complexity index is 595. The minimum Gasteiger partial charge on any atom is -0.465 e. The van der Waals surface area contributed by atoms with Gasteiger partial charge in [0.05, 0.1) is 25.4 Å². The number of aromatic nitrogens is 1. The second kappa shape index (κ2) is 7.17. The van der Waals surface area contributed by atoms with Gasteiger partial charge in [-0.15, -0.1) is 0 Å². The average Bonchev–Trinajstić information content (AvgIpc) is 3.02. The molecule has 7 heteroatoms. The number of pyridine rings is 1. The molecule has 1 aromatic rings. The number of esters is 1. The number of amides is 1. The van der Waals surface area contributed by atoms with Crippen LogP contribution in [0.2, 0.25) is 0 Å². The Kier molecular flexibility index (Phi) is 4.99. The van der Waals surface area contributed by atoms with E-state index in [0.717, 1.165) is 12.1 Å². The van der Waals surface area contributed by atoms with Gasteiger partial charge < -0.3 is 19.7 Å². The summed E-state index contributed by atoms with van der Waals surface area (Å²) in [4.78, 5) is 30.8. The molecule has 1 amide bonds. The van der Waals surface area contributed by atoms with E-state index in [1.165, 1.54) is 0 Å². The minimum absolute atomic E-state index is 0.0306. The van der Waals surface area contributed by atoms with Crippen LogP contribution in [0.25, 0.3) is 0 Å². The molecule has 2 fully saturated rings. The molecule has 2 saturated heterocycles. The molecule has 7 nitrogen and oxygen atoms in total. The van der Waals surface area contributed by atoms with Crippen LogP contribution < -0.4 is 5.32 Å². The number of rotatable bonds is 5. The highest BCUT2D eigenvalue weighted by Gasteiger charge is 2.55. The fourth-order valence-corrected chi connectivity index (χ4v) is 3.50. The molecule has 2 aliphatic rings. The highest BCUT2D eigenvalue weighted by Crippen LogP contribution is 2.42. The van der Waals surface area contributed by atoms with Crippen molar-refractivity contribution in [3.8, 4) is 0 Å². The van der Waals surface area contributed by atoms with E-state index in [9.17, 15) is 9.59 Å². The van der Waals surface area contributed by atoms with E-state index in [2.05, 4.69) is 10.3 Å². The summed E-state index contributed by atoms with van der Waals surface area (Å²) < 4.78 is 10.8. The standard InChI is InChI=1S/C17H23N3O4/c1-2-24-16(22)17-11-20(10-13(17)5-7-23-12-17)15(21)9-19-14-4-3-6-18-8-14/h3-4,6,8,13,19H,2,5,7,9-12H2,1H3/t13-,17+/m0/s1. The van der Waals surface area contributed by atoms with Crippen molar-refractivity contribution in [3.63, 3.8) is 0 Å². The maximum atomic E-state index is 12.5. The Labute approximate surface area is 141 Å². The molecule has 2 atom stereocenters. The summed E-state index contributed by atoms with van der Waals surface area (Å²) in [5.41, 5.74) is 0.0870. The third kappa shape index (κ3) is 3.21. The van der Waals surface area contributed by atoms with Crippen molar-refractivity contribution in [2.75, 3.05) is 44.8 Å². The molecule has 0 unspecified atom stereocenters. The van der Waals surface area contributed by atoms with Gasteiger partial charge in [-0.3, -0.25) is 14.6 Å². The quantitative estimate of drug-likeness (QED) is 0.807. The van der Waals surface area contributed by atoms with Gasteiger partial charge in [0.2, 0.25) is 5.91 Å². The fourth-order valence-electron chi connectivity index (χ4n) is 3.50. The van der Waals surface area contributed by atoms with Crippen molar-refractivity contribution in [2.45, 2.75) is 13.3 Å². The molecule has 0 spiro atoms. The summed E-state index contributed by atoms with van der Waals surface area (Å²) in [7, 11) is 0. The largest absolute Gasteiger partial charge is 0.465 e. The van der Waals surface area contributed by atoms with Crippen LogP contribution in [0, 0.1) is 11.3 Å². The number of likely N-dealkylation sites (tertiary alicyclic amines) is 1. The summed E-state index contributed by atoms with van der Waals surface area (Å²) in [6.45, 7) is 4.21. The van der Waals surface area contributed by atoms with Crippen LogP contribution in [0.3, 0.4) is 0 Å². The number of ether oxygens (including phenoxy) is 2. The van der Waals surface area contributed by atoms with Gasteiger partial charge in [0, 0.05) is 32.1 Å². The first-order valence-corrected chi connectivity index (χ1v) is 8.32. The van der Waals surface area contributed by atoms with E-state index >= 15 is 0 Å². The zero-order chi connectivity index (χ0) is 17.0. The third-order valence-corrected chi connectivity index (χ3v) is 4.81. The Morgan fingerprint density at radius 1 is 1.54 bits per heavy atom. The molecule has 0 aromatic carbocycles. The Balaban J connectivity index is 1.65. The number of nitrogens with zero attached hydrogens (tertiary/aromatic N) is 2. The van der Waals surface area contributed by atoms with E-state index in [1.807, 2.05) is 12.1 Å². The van der Waals surface area contributed by atoms with Crippen LogP contribution in [0.15, 0.2) is 24.5 Å². The normalized spacial score (nSPS) is 25.9. The van der Waals surface area contributed by atoms with E-state index < -0.39 is 5.41 Å². The number of fused-ring (bicyclic) bond motifs is 1. The Hall–Kier alpha value is -2.15. The molecule has 0 bridgehead atoms. The van der Waals surface area contributed by atoms with E-state index in [4.69, 9.17) is 9.47 Å². The van der Waals surface area contributed by atoms with Gasteiger partial charge in [0.15, 0.2) is 0 Å². The van der Waals surface area contributed by atoms with E-state index in [-0.39, 0.29) is 24.3 Å². The predicted molar refractivity (Wildman–Crippen MR) is 87.3 cm³/mol. The van der Waals surface area contributed by atoms with Gasteiger partial charge in [-0.05, 0) is 31.4 Å². The number of carbonyl (C=O) groups is 2. The summed E-state index contributed by atoms with van der Waals surface area (Å²) in [6.07, 6.45) is 4.13. The minimum atomic E-state index is -0.710. The number of nitrogens with one attached hydrogen (secondary N) is 1. The lowest BCUT2D eigenvalue weighted by atomic mass is 9.75. The van der Waals surface area contributed by atoms with Gasteiger partial charge in [0.25, 0.3) is 0 Å². The number of hydrogen-bond donors (Lipinski definition) is 1. The third-order valence-electron chi connectivity index (χ3n) is 4.81. The maximum Gasteiger partial charge on any atom is 0.316 e. The highest BCUT2D eigenvalue weighted by atomic mass is 16.5. The lowest BCUT2D eigenvalue weighted by molar-refractivity contribution is -0.166. The molecule has 0 aliphatic carbocycles. The Morgan fingerprint density at radius 3 is 3.17 bits per heavy atom. The van der Waals surface area contributed by atoms with Crippen LogP contribution in [0.1, 0.15) is 13.3 Å². The average molecular weight is 333 g/mol. The molecule has 0 radical (unpaired) electrons. The first-order chi connectivity index (χ1) is 11.7. The predicted octanol–water partition coefficient (Wildman–Crippen LogP) is 0.922. The number of hydrogen-bond acceptors (Lipinski definition) is 6. The SMILES string of the molecule is CCOC(=O)[C@]12COCC[C@H]1CN(C(=O)CNc1cccnc1)C2. The van der Waals surface area contributed by atoms with Crippen molar-refractivity contribution >= 4 is 17.6 Å². The topological polar surface area (TPSA) is 80.8 Å². The summed E-state index contributed by atoms with van der Waals surface area (Å²) >= 11 is 0. The highest BCUT2D eigenvalue weighted by molar-refractivity contribution is 5.84. The molecule has 2 aliphatic heterocycles. The molecule has 3 rings (SSSR count). The molecule has 0 saturated carbocycles. The van der Waals surface area contributed by atoms with Crippen molar-refractivity contribution in [1.29, 1.82) is 0 Å². The molecule has 3 heterocycles. The maximum absolute atomic E-state index is 12.5. The molecule has 1 aromatic heterocycles. The van der Waals surface area contributed by atoms with Crippen molar-refractivity contribution in [1.82, 2.24) is 9.88 Å². The Morgan fingerprint density at radius 2 is 2.42 bits per heavy atom. The van der Waals surface area contributed by atoms with E-state index in [0.29, 0.717) is 32.9 Å². The zero-order valence-electron chi connectivity index (χ0n) is 13.9. The lowest BCUT2D eigenvalue weighted by Crippen LogP contribution is -2.48. The van der Waals surface area contributed by atoms with E-state index in [1.54, 1.807) is 24.2 Å². The van der Waals surface area contributed by atoms with Gasteiger partial charge >= 0.3 is 5.97 Å². The van der Waals surface area contributed by atoms with Crippen LogP contribution in [-0.4, -0.2) is 61.2 Å². The molecule has 1 N–H and O–H groups in total. The van der Waals surface area contributed by atoms with Gasteiger partial charge in [-0.25, -0.2) is 0 Å². The first-order valence-electron chi connectivity index (χ1n) is 8.32. The monoisotopic (exact) mass is 333 g/mol. The van der Waals surface area contributed by atoms with Crippen LogP contribution >= 0.6 is 0 Å². The van der Waals surface area contributed by atoms with Crippen LogP contribution in [0.4, 0.5) is 5.69 Å². The van der Waals surface area contributed by atoms with Crippen molar-refractivity contribution < 1.29 is 19.1 Å². The second-order valence-corrected chi connectivity index (χ2v) is 6.28. The summed E-state index contributed by atoms with van der Waals surface area (Å²) in [5, 5.41) is 3.07. The van der Waals surface area contributed by atoms with Crippen LogP contribution in [0.5, 0.6) is 0 Å². The second-order valence-electron chi connectivity index (χ2n) is 6.28. The number of anilines is 1. The smallest absolute Gasteiger partial charge is 0.316 e. The van der Waals surface area contributed by atoms with Gasteiger partial charge in [-0.1, -0.05) is 0 Å². The first kappa shape index (κ1) is 16.7. The van der Waals surface area contributed by atoms with Gasteiger partial charge in [0.1, 0.15) is 5.41 Å². The summed E-state index contributed by atoms with van der Waals surface area (Å²) in [6, 6.07) is 3.67. The molecule has 24 heavy (non-hydrogen) atoms.